The second-order valence-corrected chi connectivity index (χ2v) is 7.18. The first-order chi connectivity index (χ1) is 13.2. The Morgan fingerprint density at radius 3 is 2.44 bits per heavy atom. The zero-order valence-corrected chi connectivity index (χ0v) is 16.0. The molecule has 0 aliphatic rings. The number of hydrogen-bond donors (Lipinski definition) is 2. The number of carbonyl (C=O) groups excluding carboxylic acids is 2. The first kappa shape index (κ1) is 19.0. The van der Waals surface area contributed by atoms with Crippen molar-refractivity contribution < 1.29 is 9.59 Å². The van der Waals surface area contributed by atoms with Gasteiger partial charge in [-0.3, -0.25) is 9.59 Å². The van der Waals surface area contributed by atoms with Crippen molar-refractivity contribution >= 4 is 40.0 Å². The fraction of sp³-hybridized carbons (Fsp3) is 0.182. The van der Waals surface area contributed by atoms with E-state index in [1.165, 1.54) is 17.1 Å². The summed E-state index contributed by atoms with van der Waals surface area (Å²) in [5.74, 6) is -0.107. The second-order valence-electron chi connectivity index (χ2n) is 6.13. The van der Waals surface area contributed by atoms with Crippen LogP contribution in [0.4, 0.5) is 5.69 Å². The highest BCUT2D eigenvalue weighted by atomic mass is 32.2. The Labute approximate surface area is 163 Å². The average Bonchev–Trinajstić information content (AvgIpc) is 2.71. The summed E-state index contributed by atoms with van der Waals surface area (Å²) in [6.45, 7) is 2.01. The minimum Gasteiger partial charge on any atom is -0.346 e. The SMILES string of the molecule is CCc1ccccc1NC(=O)CNC(=O)CSc1ccc2ccccc2c1. The van der Waals surface area contributed by atoms with Crippen LogP contribution in [0.5, 0.6) is 0 Å². The highest BCUT2D eigenvalue weighted by molar-refractivity contribution is 8.00. The molecule has 0 bridgehead atoms. The van der Waals surface area contributed by atoms with Gasteiger partial charge in [-0.05, 0) is 41.0 Å². The first-order valence-electron chi connectivity index (χ1n) is 8.92. The molecule has 0 saturated carbocycles. The lowest BCUT2D eigenvalue weighted by molar-refractivity contribution is -0.122. The molecular weight excluding hydrogens is 356 g/mol. The molecule has 0 aliphatic heterocycles. The van der Waals surface area contributed by atoms with Gasteiger partial charge in [0.25, 0.3) is 0 Å². The summed E-state index contributed by atoms with van der Waals surface area (Å²) in [7, 11) is 0. The van der Waals surface area contributed by atoms with Gasteiger partial charge in [0.05, 0.1) is 12.3 Å². The lowest BCUT2D eigenvalue weighted by atomic mass is 10.1. The Balaban J connectivity index is 1.46. The van der Waals surface area contributed by atoms with Crippen LogP contribution >= 0.6 is 11.8 Å². The number of hydrogen-bond acceptors (Lipinski definition) is 3. The maximum atomic E-state index is 12.1. The van der Waals surface area contributed by atoms with Crippen LogP contribution in [0.15, 0.2) is 71.6 Å². The van der Waals surface area contributed by atoms with Crippen molar-refractivity contribution in [2.24, 2.45) is 0 Å². The van der Waals surface area contributed by atoms with Gasteiger partial charge < -0.3 is 10.6 Å². The lowest BCUT2D eigenvalue weighted by Crippen LogP contribution is -2.34. The third-order valence-electron chi connectivity index (χ3n) is 4.21. The van der Waals surface area contributed by atoms with Gasteiger partial charge in [0.15, 0.2) is 0 Å². The third-order valence-corrected chi connectivity index (χ3v) is 5.20. The lowest BCUT2D eigenvalue weighted by Gasteiger charge is -2.10. The molecule has 0 radical (unpaired) electrons. The molecule has 3 aromatic carbocycles. The van der Waals surface area contributed by atoms with Crippen molar-refractivity contribution in [2.45, 2.75) is 18.2 Å². The van der Waals surface area contributed by atoms with Gasteiger partial charge in [-0.1, -0.05) is 55.5 Å². The van der Waals surface area contributed by atoms with Crippen LogP contribution in [0.25, 0.3) is 10.8 Å². The quantitative estimate of drug-likeness (QED) is 0.604. The van der Waals surface area contributed by atoms with E-state index in [0.29, 0.717) is 0 Å². The maximum Gasteiger partial charge on any atom is 0.243 e. The number of nitrogens with one attached hydrogen (secondary N) is 2. The fourth-order valence-electron chi connectivity index (χ4n) is 2.78. The number of amides is 2. The smallest absolute Gasteiger partial charge is 0.243 e. The molecule has 0 aliphatic carbocycles. The molecule has 0 aromatic heterocycles. The van der Waals surface area contributed by atoms with Gasteiger partial charge in [0.1, 0.15) is 0 Å². The van der Waals surface area contributed by atoms with E-state index in [2.05, 4.69) is 28.8 Å². The van der Waals surface area contributed by atoms with Gasteiger partial charge in [0.2, 0.25) is 11.8 Å². The normalized spacial score (nSPS) is 10.6. The van der Waals surface area contributed by atoms with E-state index in [4.69, 9.17) is 0 Å². The first-order valence-corrected chi connectivity index (χ1v) is 9.90. The van der Waals surface area contributed by atoms with Crippen molar-refractivity contribution in [3.05, 3.63) is 72.3 Å². The summed E-state index contributed by atoms with van der Waals surface area (Å²) >= 11 is 1.46. The predicted molar refractivity (Wildman–Crippen MR) is 112 cm³/mol. The van der Waals surface area contributed by atoms with Crippen LogP contribution in [-0.4, -0.2) is 24.1 Å². The number of aryl methyl sites for hydroxylation is 1. The van der Waals surface area contributed by atoms with Crippen molar-refractivity contribution in [1.82, 2.24) is 5.32 Å². The number of fused-ring (bicyclic) bond motifs is 1. The Morgan fingerprint density at radius 2 is 1.63 bits per heavy atom. The van der Waals surface area contributed by atoms with Crippen molar-refractivity contribution in [1.29, 1.82) is 0 Å². The number of carbonyl (C=O) groups is 2. The molecule has 0 saturated heterocycles. The highest BCUT2D eigenvalue weighted by Gasteiger charge is 2.08. The molecule has 0 fully saturated rings. The van der Waals surface area contributed by atoms with E-state index >= 15 is 0 Å². The molecular formula is C22H22N2O2S. The Morgan fingerprint density at radius 1 is 0.889 bits per heavy atom. The standard InChI is InChI=1S/C22H22N2O2S/c1-2-16-7-5-6-10-20(16)24-21(25)14-23-22(26)15-27-19-12-11-17-8-3-4-9-18(17)13-19/h3-13H,2,14-15H2,1H3,(H,23,26)(H,24,25). The van der Waals surface area contributed by atoms with Gasteiger partial charge in [-0.2, -0.15) is 0 Å². The molecule has 0 heterocycles. The number of thioether (sulfide) groups is 1. The summed E-state index contributed by atoms with van der Waals surface area (Å²) in [5.41, 5.74) is 1.87. The summed E-state index contributed by atoms with van der Waals surface area (Å²) in [6, 6.07) is 21.9. The molecule has 4 nitrogen and oxygen atoms in total. The topological polar surface area (TPSA) is 58.2 Å². The Hall–Kier alpha value is -2.79. The molecule has 2 amide bonds. The van der Waals surface area contributed by atoms with Crippen LogP contribution in [-0.2, 0) is 16.0 Å². The van der Waals surface area contributed by atoms with Crippen LogP contribution in [0.1, 0.15) is 12.5 Å². The molecule has 3 rings (SSSR count). The average molecular weight is 378 g/mol. The van der Waals surface area contributed by atoms with E-state index < -0.39 is 0 Å². The van der Waals surface area contributed by atoms with Crippen LogP contribution in [0.2, 0.25) is 0 Å². The summed E-state index contributed by atoms with van der Waals surface area (Å²) in [5, 5.41) is 7.85. The monoisotopic (exact) mass is 378 g/mol. The minimum atomic E-state index is -0.222. The molecule has 138 valence electrons. The summed E-state index contributed by atoms with van der Waals surface area (Å²) < 4.78 is 0. The predicted octanol–water partition coefficient (Wildman–Crippen LogP) is 4.25. The summed E-state index contributed by atoms with van der Waals surface area (Å²) in [6.07, 6.45) is 0.839. The molecule has 5 heteroatoms. The molecule has 0 spiro atoms. The zero-order chi connectivity index (χ0) is 19.1. The van der Waals surface area contributed by atoms with E-state index in [-0.39, 0.29) is 24.1 Å². The minimum absolute atomic E-state index is 0.0326. The molecule has 27 heavy (non-hydrogen) atoms. The van der Waals surface area contributed by atoms with Gasteiger partial charge >= 0.3 is 0 Å². The number of anilines is 1. The highest BCUT2D eigenvalue weighted by Crippen LogP contribution is 2.23. The summed E-state index contributed by atoms with van der Waals surface area (Å²) in [4.78, 5) is 25.2. The Bertz CT molecular complexity index is 956. The fourth-order valence-corrected chi connectivity index (χ4v) is 3.56. The van der Waals surface area contributed by atoms with Crippen molar-refractivity contribution in [3.8, 4) is 0 Å². The zero-order valence-electron chi connectivity index (χ0n) is 15.2. The Kier molecular flexibility index (Phi) is 6.49. The van der Waals surface area contributed by atoms with E-state index in [9.17, 15) is 9.59 Å². The van der Waals surface area contributed by atoms with Crippen molar-refractivity contribution in [2.75, 3.05) is 17.6 Å². The van der Waals surface area contributed by atoms with Crippen molar-refractivity contribution in [3.63, 3.8) is 0 Å². The second kappa shape index (κ2) is 9.24. The van der Waals surface area contributed by atoms with Crippen LogP contribution in [0, 0.1) is 0 Å². The largest absolute Gasteiger partial charge is 0.346 e. The van der Waals surface area contributed by atoms with Crippen LogP contribution in [0.3, 0.4) is 0 Å². The number of para-hydroxylation sites is 1. The maximum absolute atomic E-state index is 12.1. The molecule has 3 aromatic rings. The molecule has 0 unspecified atom stereocenters. The van der Waals surface area contributed by atoms with E-state index in [1.54, 1.807) is 0 Å². The number of benzene rings is 3. The third kappa shape index (κ3) is 5.34. The van der Waals surface area contributed by atoms with Gasteiger partial charge in [0, 0.05) is 10.6 Å². The molecule has 0 atom stereocenters. The molecule has 2 N–H and O–H groups in total. The van der Waals surface area contributed by atoms with E-state index in [1.807, 2.05) is 55.5 Å². The number of rotatable bonds is 7. The van der Waals surface area contributed by atoms with E-state index in [0.717, 1.165) is 28.0 Å². The van der Waals surface area contributed by atoms with Gasteiger partial charge in [-0.15, -0.1) is 11.8 Å². The van der Waals surface area contributed by atoms with Gasteiger partial charge in [-0.25, -0.2) is 0 Å². The van der Waals surface area contributed by atoms with Crippen LogP contribution < -0.4 is 10.6 Å².